The van der Waals surface area contributed by atoms with Gasteiger partial charge in [-0.2, -0.15) is 0 Å². The van der Waals surface area contributed by atoms with E-state index in [9.17, 15) is 4.79 Å². The minimum absolute atomic E-state index is 0.0515. The lowest BCUT2D eigenvalue weighted by molar-refractivity contribution is -0.122. The van der Waals surface area contributed by atoms with E-state index in [0.717, 1.165) is 42.4 Å². The number of para-hydroxylation sites is 1. The molecule has 0 bridgehead atoms. The molecule has 1 aliphatic heterocycles. The molecule has 4 heteroatoms. The van der Waals surface area contributed by atoms with Crippen molar-refractivity contribution in [3.05, 3.63) is 36.5 Å². The zero-order valence-electron chi connectivity index (χ0n) is 11.6. The van der Waals surface area contributed by atoms with Crippen LogP contribution < -0.4 is 10.6 Å². The third-order valence-electron chi connectivity index (χ3n) is 4.16. The van der Waals surface area contributed by atoms with Crippen LogP contribution in [0.15, 0.2) is 36.5 Å². The SMILES string of the molecule is CCC1(C(=O)Nc2cccc3cccnc23)CCCN1. The lowest BCUT2D eigenvalue weighted by Gasteiger charge is -2.26. The van der Waals surface area contributed by atoms with Crippen molar-refractivity contribution < 1.29 is 4.79 Å². The molecule has 0 radical (unpaired) electrons. The molecule has 4 nitrogen and oxygen atoms in total. The number of aromatic nitrogens is 1. The number of pyridine rings is 1. The average Bonchev–Trinajstić information content (AvgIpc) is 2.98. The third kappa shape index (κ3) is 2.16. The summed E-state index contributed by atoms with van der Waals surface area (Å²) in [5.74, 6) is 0.0515. The third-order valence-corrected chi connectivity index (χ3v) is 4.16. The van der Waals surface area contributed by atoms with Crippen LogP contribution in [-0.4, -0.2) is 23.0 Å². The van der Waals surface area contributed by atoms with E-state index in [-0.39, 0.29) is 5.91 Å². The van der Waals surface area contributed by atoms with Gasteiger partial charge in [0.2, 0.25) is 5.91 Å². The van der Waals surface area contributed by atoms with Gasteiger partial charge in [-0.1, -0.05) is 25.1 Å². The van der Waals surface area contributed by atoms with Gasteiger partial charge in [0.05, 0.1) is 16.7 Å². The molecule has 104 valence electrons. The zero-order valence-corrected chi connectivity index (χ0v) is 11.6. The summed E-state index contributed by atoms with van der Waals surface area (Å²) in [5.41, 5.74) is 1.21. The summed E-state index contributed by atoms with van der Waals surface area (Å²) in [6, 6.07) is 9.76. The first-order chi connectivity index (χ1) is 9.75. The van der Waals surface area contributed by atoms with Crippen LogP contribution in [-0.2, 0) is 4.79 Å². The molecule has 1 amide bonds. The number of hydrogen-bond acceptors (Lipinski definition) is 3. The Bertz CT molecular complexity index is 627. The molecule has 0 spiro atoms. The van der Waals surface area contributed by atoms with Gasteiger partial charge in [-0.15, -0.1) is 0 Å². The highest BCUT2D eigenvalue weighted by Gasteiger charge is 2.39. The number of carbonyl (C=O) groups excluding carboxylic acids is 1. The first-order valence-corrected chi connectivity index (χ1v) is 7.15. The van der Waals surface area contributed by atoms with E-state index in [0.29, 0.717) is 0 Å². The molecule has 2 aromatic rings. The minimum atomic E-state index is -0.420. The fourth-order valence-corrected chi connectivity index (χ4v) is 2.91. The van der Waals surface area contributed by atoms with Crippen LogP contribution in [0.25, 0.3) is 10.9 Å². The Hall–Kier alpha value is -1.94. The average molecular weight is 269 g/mol. The highest BCUT2D eigenvalue weighted by Crippen LogP contribution is 2.27. The molecule has 1 unspecified atom stereocenters. The van der Waals surface area contributed by atoms with Crippen LogP contribution in [0.2, 0.25) is 0 Å². The van der Waals surface area contributed by atoms with Gasteiger partial charge in [-0.3, -0.25) is 9.78 Å². The van der Waals surface area contributed by atoms with E-state index in [2.05, 4.69) is 22.5 Å². The lowest BCUT2D eigenvalue weighted by atomic mass is 9.93. The molecule has 0 saturated carbocycles. The highest BCUT2D eigenvalue weighted by atomic mass is 16.2. The standard InChI is InChI=1S/C16H19N3O/c1-2-16(9-5-11-18-16)15(20)19-13-8-3-6-12-7-4-10-17-14(12)13/h3-4,6-8,10,18H,2,5,9,11H2,1H3,(H,19,20). The number of carbonyl (C=O) groups is 1. The summed E-state index contributed by atoms with van der Waals surface area (Å²) < 4.78 is 0. The van der Waals surface area contributed by atoms with Crippen molar-refractivity contribution in [2.24, 2.45) is 0 Å². The van der Waals surface area contributed by atoms with Crippen molar-refractivity contribution in [3.8, 4) is 0 Å². The summed E-state index contributed by atoms with van der Waals surface area (Å²) in [6.45, 7) is 2.97. The van der Waals surface area contributed by atoms with Gasteiger partial charge in [-0.25, -0.2) is 0 Å². The van der Waals surface area contributed by atoms with Gasteiger partial charge >= 0.3 is 0 Å². The molecule has 1 saturated heterocycles. The maximum absolute atomic E-state index is 12.6. The predicted molar refractivity (Wildman–Crippen MR) is 80.6 cm³/mol. The van der Waals surface area contributed by atoms with E-state index in [1.54, 1.807) is 6.20 Å². The molecule has 2 heterocycles. The molecule has 1 aromatic carbocycles. The number of rotatable bonds is 3. The minimum Gasteiger partial charge on any atom is -0.323 e. The fourth-order valence-electron chi connectivity index (χ4n) is 2.91. The lowest BCUT2D eigenvalue weighted by Crippen LogP contribution is -2.50. The van der Waals surface area contributed by atoms with Crippen molar-refractivity contribution in [1.82, 2.24) is 10.3 Å². The molecule has 1 fully saturated rings. The van der Waals surface area contributed by atoms with Crippen LogP contribution in [0, 0.1) is 0 Å². The van der Waals surface area contributed by atoms with E-state index < -0.39 is 5.54 Å². The van der Waals surface area contributed by atoms with Crippen LogP contribution >= 0.6 is 0 Å². The van der Waals surface area contributed by atoms with Crippen LogP contribution in [0.5, 0.6) is 0 Å². The van der Waals surface area contributed by atoms with Crippen molar-refractivity contribution >= 4 is 22.5 Å². The zero-order chi connectivity index (χ0) is 14.0. The van der Waals surface area contributed by atoms with E-state index in [1.807, 2.05) is 30.3 Å². The van der Waals surface area contributed by atoms with Crippen molar-refractivity contribution in [2.45, 2.75) is 31.7 Å². The maximum atomic E-state index is 12.6. The maximum Gasteiger partial charge on any atom is 0.244 e. The molecule has 20 heavy (non-hydrogen) atoms. The fraction of sp³-hybridized carbons (Fsp3) is 0.375. The molecule has 1 aliphatic rings. The number of benzene rings is 1. The first kappa shape index (κ1) is 13.1. The second-order valence-electron chi connectivity index (χ2n) is 5.30. The number of hydrogen-bond donors (Lipinski definition) is 2. The summed E-state index contributed by atoms with van der Waals surface area (Å²) in [4.78, 5) is 17.0. The van der Waals surface area contributed by atoms with Crippen molar-refractivity contribution in [3.63, 3.8) is 0 Å². The highest BCUT2D eigenvalue weighted by molar-refractivity contribution is 6.04. The Balaban J connectivity index is 1.91. The van der Waals surface area contributed by atoms with Crippen LogP contribution in [0.1, 0.15) is 26.2 Å². The molecule has 2 N–H and O–H groups in total. The molecule has 0 aliphatic carbocycles. The quantitative estimate of drug-likeness (QED) is 0.900. The second kappa shape index (κ2) is 5.21. The number of fused-ring (bicyclic) bond motifs is 1. The predicted octanol–water partition coefficient (Wildman–Crippen LogP) is 2.71. The van der Waals surface area contributed by atoms with Crippen molar-refractivity contribution in [2.75, 3.05) is 11.9 Å². The first-order valence-electron chi connectivity index (χ1n) is 7.15. The Labute approximate surface area is 118 Å². The molecular weight excluding hydrogens is 250 g/mol. The summed E-state index contributed by atoms with van der Waals surface area (Å²) in [7, 11) is 0. The number of nitrogens with one attached hydrogen (secondary N) is 2. The summed E-state index contributed by atoms with van der Waals surface area (Å²) in [5, 5.41) is 7.45. The Morgan fingerprint density at radius 1 is 1.40 bits per heavy atom. The van der Waals surface area contributed by atoms with E-state index >= 15 is 0 Å². The monoisotopic (exact) mass is 269 g/mol. The van der Waals surface area contributed by atoms with E-state index in [1.165, 1.54) is 0 Å². The smallest absolute Gasteiger partial charge is 0.244 e. The summed E-state index contributed by atoms with van der Waals surface area (Å²) >= 11 is 0. The number of anilines is 1. The second-order valence-corrected chi connectivity index (χ2v) is 5.30. The van der Waals surface area contributed by atoms with Gasteiger partial charge in [-0.05, 0) is 37.9 Å². The number of nitrogens with zero attached hydrogens (tertiary/aromatic N) is 1. The Morgan fingerprint density at radius 2 is 2.25 bits per heavy atom. The Kier molecular flexibility index (Phi) is 3.40. The van der Waals surface area contributed by atoms with Gasteiger partial charge in [0, 0.05) is 11.6 Å². The van der Waals surface area contributed by atoms with Gasteiger partial charge in [0.15, 0.2) is 0 Å². The largest absolute Gasteiger partial charge is 0.323 e. The van der Waals surface area contributed by atoms with Gasteiger partial charge in [0.1, 0.15) is 0 Å². The van der Waals surface area contributed by atoms with Gasteiger partial charge in [0.25, 0.3) is 0 Å². The topological polar surface area (TPSA) is 54.0 Å². The Morgan fingerprint density at radius 3 is 3.00 bits per heavy atom. The molecule has 1 aromatic heterocycles. The molecule has 1 atom stereocenters. The van der Waals surface area contributed by atoms with Crippen LogP contribution in [0.3, 0.4) is 0 Å². The van der Waals surface area contributed by atoms with Crippen LogP contribution in [0.4, 0.5) is 5.69 Å². The summed E-state index contributed by atoms with van der Waals surface area (Å²) in [6.07, 6.45) is 4.50. The molecular formula is C16H19N3O. The molecule has 3 rings (SSSR count). The van der Waals surface area contributed by atoms with Gasteiger partial charge < -0.3 is 10.6 Å². The van der Waals surface area contributed by atoms with Crippen molar-refractivity contribution in [1.29, 1.82) is 0 Å². The van der Waals surface area contributed by atoms with E-state index in [4.69, 9.17) is 0 Å². The normalized spacial score (nSPS) is 22.1. The number of amides is 1.